The van der Waals surface area contributed by atoms with Crippen molar-refractivity contribution in [2.24, 2.45) is 0 Å². The van der Waals surface area contributed by atoms with Crippen LogP contribution in [0.15, 0.2) is 41.1 Å². The Hall–Kier alpha value is -2.38. The zero-order valence-corrected chi connectivity index (χ0v) is 15.9. The Morgan fingerprint density at radius 3 is 2.35 bits per heavy atom. The van der Waals surface area contributed by atoms with Gasteiger partial charge in [-0.2, -0.15) is 11.3 Å². The molecular weight excluding hydrogens is 350 g/mol. The highest BCUT2D eigenvalue weighted by atomic mass is 32.1. The molecule has 0 saturated carbocycles. The lowest BCUT2D eigenvalue weighted by molar-refractivity contribution is 0.0697. The summed E-state index contributed by atoms with van der Waals surface area (Å²) in [4.78, 5) is 25.3. The second-order valence-electron chi connectivity index (χ2n) is 5.86. The van der Waals surface area contributed by atoms with E-state index in [4.69, 9.17) is 5.11 Å². The number of nitrogens with one attached hydrogen (secondary N) is 2. The van der Waals surface area contributed by atoms with Gasteiger partial charge >= 0.3 is 12.0 Å². The molecule has 7 heteroatoms. The molecule has 1 aromatic heterocycles. The van der Waals surface area contributed by atoms with Gasteiger partial charge in [0.25, 0.3) is 0 Å². The lowest BCUT2D eigenvalue weighted by Gasteiger charge is -2.29. The number of carboxylic acid groups (broad SMARTS) is 1. The number of benzene rings is 1. The third kappa shape index (κ3) is 5.57. The van der Waals surface area contributed by atoms with E-state index in [-0.39, 0.29) is 17.6 Å². The molecule has 0 saturated heterocycles. The first-order chi connectivity index (χ1) is 12.5. The minimum atomic E-state index is -0.960. The Bertz CT molecular complexity index is 697. The highest BCUT2D eigenvalue weighted by Crippen LogP contribution is 2.22. The van der Waals surface area contributed by atoms with Gasteiger partial charge < -0.3 is 15.7 Å². The van der Waals surface area contributed by atoms with E-state index >= 15 is 0 Å². The number of urea groups is 1. The van der Waals surface area contributed by atoms with Crippen LogP contribution < -0.4 is 10.6 Å². The number of rotatable bonds is 9. The molecule has 0 fully saturated rings. The van der Waals surface area contributed by atoms with E-state index < -0.39 is 5.97 Å². The van der Waals surface area contributed by atoms with E-state index in [1.807, 2.05) is 5.38 Å². The molecule has 2 aromatic rings. The van der Waals surface area contributed by atoms with Gasteiger partial charge in [0.05, 0.1) is 11.6 Å². The number of likely N-dealkylation sites (N-methyl/N-ethyl adjacent to an activating group) is 1. The van der Waals surface area contributed by atoms with Gasteiger partial charge in [0, 0.05) is 13.1 Å². The number of aromatic carboxylic acids is 1. The molecule has 0 bridgehead atoms. The molecule has 0 aliphatic rings. The fourth-order valence-corrected chi connectivity index (χ4v) is 3.49. The largest absolute Gasteiger partial charge is 0.478 e. The summed E-state index contributed by atoms with van der Waals surface area (Å²) in [7, 11) is 0. The number of carboxylic acids is 1. The van der Waals surface area contributed by atoms with Crippen LogP contribution in [-0.2, 0) is 6.54 Å². The van der Waals surface area contributed by atoms with E-state index in [1.165, 1.54) is 17.7 Å². The molecule has 1 heterocycles. The topological polar surface area (TPSA) is 81.7 Å². The maximum Gasteiger partial charge on any atom is 0.335 e. The molecule has 0 spiro atoms. The highest BCUT2D eigenvalue weighted by molar-refractivity contribution is 7.07. The molecule has 140 valence electrons. The Morgan fingerprint density at radius 1 is 1.12 bits per heavy atom. The lowest BCUT2D eigenvalue weighted by atomic mass is 10.1. The van der Waals surface area contributed by atoms with Crippen LogP contribution >= 0.6 is 11.3 Å². The van der Waals surface area contributed by atoms with Crippen molar-refractivity contribution in [2.45, 2.75) is 26.4 Å². The Labute approximate surface area is 157 Å². The van der Waals surface area contributed by atoms with Crippen LogP contribution in [0.2, 0.25) is 0 Å². The minimum Gasteiger partial charge on any atom is -0.478 e. The van der Waals surface area contributed by atoms with Crippen LogP contribution in [0.3, 0.4) is 0 Å². The quantitative estimate of drug-likeness (QED) is 0.628. The summed E-state index contributed by atoms with van der Waals surface area (Å²) in [5.41, 5.74) is 2.29. The van der Waals surface area contributed by atoms with Crippen molar-refractivity contribution in [1.29, 1.82) is 0 Å². The number of carbonyl (C=O) groups is 2. The lowest BCUT2D eigenvalue weighted by Crippen LogP contribution is -2.41. The van der Waals surface area contributed by atoms with Gasteiger partial charge in [-0.05, 0) is 53.2 Å². The van der Waals surface area contributed by atoms with Crippen LogP contribution in [-0.4, -0.2) is 41.6 Å². The molecule has 3 N–H and O–H groups in total. The second-order valence-corrected chi connectivity index (χ2v) is 6.64. The zero-order chi connectivity index (χ0) is 18.9. The molecule has 2 amide bonds. The molecule has 6 nitrogen and oxygen atoms in total. The summed E-state index contributed by atoms with van der Waals surface area (Å²) in [6, 6.07) is 8.48. The summed E-state index contributed by atoms with van der Waals surface area (Å²) >= 11 is 1.65. The van der Waals surface area contributed by atoms with E-state index in [0.29, 0.717) is 13.1 Å². The highest BCUT2D eigenvalue weighted by Gasteiger charge is 2.19. The molecule has 0 aliphatic carbocycles. The SMILES string of the molecule is CCN(CC)C(CNC(=O)NCc1ccc(C(=O)O)cc1)c1ccsc1. The number of hydrogen-bond donors (Lipinski definition) is 3. The van der Waals surface area contributed by atoms with E-state index in [2.05, 4.69) is 40.8 Å². The van der Waals surface area contributed by atoms with Crippen molar-refractivity contribution < 1.29 is 14.7 Å². The molecule has 0 aliphatic heterocycles. The van der Waals surface area contributed by atoms with Crippen LogP contribution in [0.25, 0.3) is 0 Å². The minimum absolute atomic E-state index is 0.150. The Kier molecular flexibility index (Phi) is 7.62. The van der Waals surface area contributed by atoms with Crippen LogP contribution in [0.1, 0.15) is 41.4 Å². The standard InChI is InChI=1S/C19H25N3O3S/c1-3-22(4-2)17(16-9-10-26-13-16)12-21-19(25)20-11-14-5-7-15(8-6-14)18(23)24/h5-10,13,17H,3-4,11-12H2,1-2H3,(H,23,24)(H2,20,21,25). The van der Waals surface area contributed by atoms with Gasteiger partial charge in [-0.1, -0.05) is 26.0 Å². The zero-order valence-electron chi connectivity index (χ0n) is 15.1. The number of amides is 2. The monoisotopic (exact) mass is 375 g/mol. The summed E-state index contributed by atoms with van der Waals surface area (Å²) in [5, 5.41) is 18.8. The third-order valence-corrected chi connectivity index (χ3v) is 4.99. The Balaban J connectivity index is 1.86. The van der Waals surface area contributed by atoms with Crippen molar-refractivity contribution in [3.63, 3.8) is 0 Å². The van der Waals surface area contributed by atoms with Gasteiger partial charge in [0.15, 0.2) is 0 Å². The molecule has 0 radical (unpaired) electrons. The first-order valence-corrected chi connectivity index (χ1v) is 9.59. The summed E-state index contributed by atoms with van der Waals surface area (Å²) < 4.78 is 0. The average Bonchev–Trinajstić information content (AvgIpc) is 3.18. The first kappa shape index (κ1) is 19.9. The number of thiophene rings is 1. The molecule has 1 atom stereocenters. The van der Waals surface area contributed by atoms with E-state index in [1.54, 1.807) is 23.5 Å². The van der Waals surface area contributed by atoms with Gasteiger partial charge in [0.2, 0.25) is 0 Å². The predicted molar refractivity (Wildman–Crippen MR) is 104 cm³/mol. The fourth-order valence-electron chi connectivity index (χ4n) is 2.79. The van der Waals surface area contributed by atoms with Crippen molar-refractivity contribution in [3.8, 4) is 0 Å². The number of carbonyl (C=O) groups excluding carboxylic acids is 1. The number of nitrogens with zero attached hydrogens (tertiary/aromatic N) is 1. The first-order valence-electron chi connectivity index (χ1n) is 8.65. The third-order valence-electron chi connectivity index (χ3n) is 4.29. The van der Waals surface area contributed by atoms with Gasteiger partial charge in [-0.3, -0.25) is 4.90 Å². The fraction of sp³-hybridized carbons (Fsp3) is 0.368. The maximum absolute atomic E-state index is 12.1. The number of hydrogen-bond acceptors (Lipinski definition) is 4. The van der Waals surface area contributed by atoms with Crippen molar-refractivity contribution in [3.05, 3.63) is 57.8 Å². The summed E-state index contributed by atoms with van der Waals surface area (Å²) in [5.74, 6) is -0.960. The molecular formula is C19H25N3O3S. The van der Waals surface area contributed by atoms with Crippen molar-refractivity contribution in [2.75, 3.05) is 19.6 Å². The Morgan fingerprint density at radius 2 is 1.81 bits per heavy atom. The average molecular weight is 375 g/mol. The molecule has 26 heavy (non-hydrogen) atoms. The smallest absolute Gasteiger partial charge is 0.335 e. The molecule has 2 rings (SSSR count). The van der Waals surface area contributed by atoms with Crippen LogP contribution in [0.4, 0.5) is 4.79 Å². The van der Waals surface area contributed by atoms with Gasteiger partial charge in [0.1, 0.15) is 0 Å². The summed E-state index contributed by atoms with van der Waals surface area (Å²) in [6.07, 6.45) is 0. The van der Waals surface area contributed by atoms with Crippen molar-refractivity contribution >= 4 is 23.3 Å². The molecule has 1 unspecified atom stereocenters. The van der Waals surface area contributed by atoms with E-state index in [9.17, 15) is 9.59 Å². The maximum atomic E-state index is 12.1. The summed E-state index contributed by atoms with van der Waals surface area (Å²) in [6.45, 7) is 6.93. The van der Waals surface area contributed by atoms with E-state index in [0.717, 1.165) is 18.7 Å². The second kappa shape index (κ2) is 9.94. The molecule has 1 aromatic carbocycles. The normalized spacial score (nSPS) is 12.0. The van der Waals surface area contributed by atoms with Crippen LogP contribution in [0.5, 0.6) is 0 Å². The predicted octanol–water partition coefficient (Wildman–Crippen LogP) is 3.33. The van der Waals surface area contributed by atoms with Crippen LogP contribution in [0, 0.1) is 0 Å². The van der Waals surface area contributed by atoms with Gasteiger partial charge in [-0.25, -0.2) is 9.59 Å². The van der Waals surface area contributed by atoms with Gasteiger partial charge in [-0.15, -0.1) is 0 Å². The van der Waals surface area contributed by atoms with Crippen molar-refractivity contribution in [1.82, 2.24) is 15.5 Å².